The molecule has 0 unspecified atom stereocenters. The molecule has 0 bridgehead atoms. The molecule has 0 saturated heterocycles. The van der Waals surface area contributed by atoms with Crippen molar-refractivity contribution in [2.45, 2.75) is 0 Å². The van der Waals surface area contributed by atoms with Crippen LogP contribution in [0.25, 0.3) is 0 Å². The van der Waals surface area contributed by atoms with Gasteiger partial charge in [-0.1, -0.05) is 0 Å². The molecule has 0 saturated carbocycles. The molecule has 0 N–H and O–H groups in total. The Balaban J connectivity index is -0.0000000450. The predicted molar refractivity (Wildman–Crippen MR) is 17.7 cm³/mol. The van der Waals surface area contributed by atoms with E-state index in [1.807, 2.05) is 0 Å². The fraction of sp³-hybridized carbons (Fsp3) is 0. The summed E-state index contributed by atoms with van der Waals surface area (Å²) in [4.78, 5) is 0. The molecule has 6 heavy (non-hydrogen) atoms. The zero-order valence-electron chi connectivity index (χ0n) is 2.98. The molecule has 2 radical (unpaired) electrons. The first kappa shape index (κ1) is 15.9. The van der Waals surface area contributed by atoms with Crippen LogP contribution in [0.5, 0.6) is 0 Å². The zero-order chi connectivity index (χ0) is 3.41. The fourth-order valence-corrected chi connectivity index (χ4v) is 0. The molecule has 0 aliphatic rings. The van der Waals surface area contributed by atoms with Crippen molar-refractivity contribution < 1.29 is 39.0 Å². The smallest absolute Gasteiger partial charge is 0 e. The van der Waals surface area contributed by atoms with Crippen molar-refractivity contribution >= 4 is 0 Å². The summed E-state index contributed by atoms with van der Waals surface area (Å²) in [7, 11) is 0. The Morgan fingerprint density at radius 1 is 0.833 bits per heavy atom. The monoisotopic (exact) mass is 258 g/mol. The van der Waals surface area contributed by atoms with Crippen molar-refractivity contribution in [2.75, 3.05) is 0 Å². The summed E-state index contributed by atoms with van der Waals surface area (Å²) in [6.07, 6.45) is 2.56. The number of hydrogen-bond acceptors (Lipinski definition) is 0. The van der Waals surface area contributed by atoms with Gasteiger partial charge in [-0.3, -0.25) is 0 Å². The molecule has 0 rings (SSSR count). The Morgan fingerprint density at radius 3 is 1.00 bits per heavy atom. The van der Waals surface area contributed by atoms with Gasteiger partial charge in [0.1, 0.15) is 0 Å². The van der Waals surface area contributed by atoms with Crippen molar-refractivity contribution in [3.63, 3.8) is 0 Å². The zero-order valence-corrected chi connectivity index (χ0v) is 6.25. The standard InChI is InChI=1S/C4H4.2Rh/c1-3-4-2;;/h1-4H;;/q-2;;. The van der Waals surface area contributed by atoms with Crippen LogP contribution in [0, 0.1) is 13.2 Å². The molecular weight excluding hydrogens is 254 g/mol. The van der Waals surface area contributed by atoms with E-state index >= 15 is 0 Å². The summed E-state index contributed by atoms with van der Waals surface area (Å²) in [5.74, 6) is 0. The van der Waals surface area contributed by atoms with Gasteiger partial charge < -0.3 is 25.3 Å². The van der Waals surface area contributed by atoms with Gasteiger partial charge in [0.15, 0.2) is 0 Å². The van der Waals surface area contributed by atoms with Gasteiger partial charge in [0.25, 0.3) is 0 Å². The first-order valence-corrected chi connectivity index (χ1v) is 1.00. The van der Waals surface area contributed by atoms with E-state index in [1.54, 1.807) is 0 Å². The SMILES string of the molecule is [CH-]=CC=[CH-].[Rh].[Rh]. The third-order valence-corrected chi connectivity index (χ3v) is 0.111. The van der Waals surface area contributed by atoms with Crippen LogP contribution in [0.2, 0.25) is 0 Å². The maximum Gasteiger partial charge on any atom is 0 e. The summed E-state index contributed by atoms with van der Waals surface area (Å²) in [5, 5.41) is 0. The predicted octanol–water partition coefficient (Wildman–Crippen LogP) is 0.960. The molecule has 0 aromatic heterocycles. The molecule has 0 heterocycles. The second-order valence-corrected chi connectivity index (χ2v) is 0.385. The van der Waals surface area contributed by atoms with E-state index in [9.17, 15) is 0 Å². The normalized spacial score (nSPS) is 3.33. The van der Waals surface area contributed by atoms with E-state index < -0.39 is 0 Å². The molecular formula is C4H4Rh2-2. The van der Waals surface area contributed by atoms with Gasteiger partial charge in [0, 0.05) is 39.0 Å². The van der Waals surface area contributed by atoms with Crippen LogP contribution in [0.1, 0.15) is 0 Å². The minimum atomic E-state index is 0. The van der Waals surface area contributed by atoms with Gasteiger partial charge in [0.05, 0.1) is 0 Å². The molecule has 0 spiro atoms. The summed E-state index contributed by atoms with van der Waals surface area (Å²) < 4.78 is 0. The topological polar surface area (TPSA) is 0 Å². The van der Waals surface area contributed by atoms with E-state index in [1.165, 1.54) is 12.2 Å². The molecule has 0 aliphatic carbocycles. The van der Waals surface area contributed by atoms with E-state index in [0.29, 0.717) is 0 Å². The van der Waals surface area contributed by atoms with Gasteiger partial charge in [-0.15, -0.1) is 0 Å². The Labute approximate surface area is 64.2 Å². The van der Waals surface area contributed by atoms with Crippen LogP contribution in [0.3, 0.4) is 0 Å². The fourth-order valence-electron chi connectivity index (χ4n) is 0. The van der Waals surface area contributed by atoms with Crippen molar-refractivity contribution in [3.8, 4) is 0 Å². The molecule has 0 nitrogen and oxygen atoms in total. The Hall–Kier alpha value is 0.727. The first-order chi connectivity index (χ1) is 1.91. The number of hydrogen-bond donors (Lipinski definition) is 0. The van der Waals surface area contributed by atoms with Crippen LogP contribution in [-0.2, 0) is 39.0 Å². The molecule has 0 atom stereocenters. The Morgan fingerprint density at radius 2 is 1.00 bits per heavy atom. The van der Waals surface area contributed by atoms with Gasteiger partial charge in [-0.05, 0) is 0 Å². The van der Waals surface area contributed by atoms with E-state index in [4.69, 9.17) is 13.2 Å². The van der Waals surface area contributed by atoms with Crippen molar-refractivity contribution in [1.29, 1.82) is 0 Å². The second kappa shape index (κ2) is 17.2. The number of allylic oxidation sites excluding steroid dienone is 2. The van der Waals surface area contributed by atoms with Gasteiger partial charge in [0.2, 0.25) is 0 Å². The quantitative estimate of drug-likeness (QED) is 0.373. The Kier molecular flexibility index (Phi) is 45.6. The van der Waals surface area contributed by atoms with Gasteiger partial charge in [-0.25, -0.2) is 0 Å². The molecule has 2 heteroatoms. The van der Waals surface area contributed by atoms with E-state index in [2.05, 4.69) is 0 Å². The van der Waals surface area contributed by atoms with E-state index in [-0.39, 0.29) is 39.0 Å². The third-order valence-electron chi connectivity index (χ3n) is 0.111. The largest absolute Gasteiger partial charge is 0.394 e. The van der Waals surface area contributed by atoms with Gasteiger partial charge >= 0.3 is 0 Å². The number of rotatable bonds is 1. The summed E-state index contributed by atoms with van der Waals surface area (Å²) >= 11 is 0. The molecule has 0 aliphatic heterocycles. The Bertz CT molecular complexity index is 26.5. The molecule has 0 fully saturated rings. The van der Waals surface area contributed by atoms with Crippen molar-refractivity contribution in [1.82, 2.24) is 0 Å². The third kappa shape index (κ3) is 22.0. The first-order valence-electron chi connectivity index (χ1n) is 1.00. The molecule has 0 aromatic rings. The summed E-state index contributed by atoms with van der Waals surface area (Å²) in [6.45, 7) is 9.44. The second-order valence-electron chi connectivity index (χ2n) is 0.385. The van der Waals surface area contributed by atoms with E-state index in [0.717, 1.165) is 0 Å². The van der Waals surface area contributed by atoms with Crippen LogP contribution in [0.15, 0.2) is 12.2 Å². The van der Waals surface area contributed by atoms with Crippen molar-refractivity contribution in [2.24, 2.45) is 0 Å². The summed E-state index contributed by atoms with van der Waals surface area (Å²) in [6, 6.07) is 0. The molecule has 0 aromatic carbocycles. The minimum Gasteiger partial charge on any atom is -0.394 e. The minimum absolute atomic E-state index is 0. The molecule has 40 valence electrons. The maximum atomic E-state index is 4.72. The van der Waals surface area contributed by atoms with Crippen LogP contribution in [-0.4, -0.2) is 0 Å². The average molecular weight is 258 g/mol. The van der Waals surface area contributed by atoms with Crippen molar-refractivity contribution in [3.05, 3.63) is 25.3 Å². The van der Waals surface area contributed by atoms with Crippen LogP contribution in [0.4, 0.5) is 0 Å². The van der Waals surface area contributed by atoms with Crippen LogP contribution >= 0.6 is 0 Å². The summed E-state index contributed by atoms with van der Waals surface area (Å²) in [5.41, 5.74) is 0. The van der Waals surface area contributed by atoms with Crippen LogP contribution < -0.4 is 0 Å². The molecule has 0 amide bonds. The average Bonchev–Trinajstić information content (AvgIpc) is 1.37. The maximum absolute atomic E-state index is 4.72. The van der Waals surface area contributed by atoms with Gasteiger partial charge in [-0.2, -0.15) is 0 Å².